The number of rotatable bonds is 9. The van der Waals surface area contributed by atoms with E-state index in [0.717, 1.165) is 10.2 Å². The highest BCUT2D eigenvalue weighted by atomic mass is 79.9. The summed E-state index contributed by atoms with van der Waals surface area (Å²) in [6, 6.07) is 7.31. The van der Waals surface area contributed by atoms with E-state index in [0.29, 0.717) is 12.1 Å². The van der Waals surface area contributed by atoms with E-state index >= 15 is 0 Å². The summed E-state index contributed by atoms with van der Waals surface area (Å²) in [4.78, 5) is 0. The number of benzene rings is 1. The van der Waals surface area contributed by atoms with Gasteiger partial charge in [0, 0.05) is 12.1 Å². The Hall–Kier alpha value is -0.540. The molecule has 1 N–H and O–H groups in total. The van der Waals surface area contributed by atoms with Gasteiger partial charge in [0.25, 0.3) is 0 Å². The quantitative estimate of drug-likeness (QED) is 0.643. The minimum absolute atomic E-state index is 0.366. The fraction of sp³-hybridized carbons (Fsp3) is 0.647. The summed E-state index contributed by atoms with van der Waals surface area (Å²) in [5.41, 5.74) is 1.30. The molecular formula is C17H28BrNO. The standard InChI is InChI=1S/C17H28BrNO/c1-5-7-9-15(8-6-2)19-13(3)14-10-11-17(20-4)16(18)12-14/h10-13,15,19H,5-9H2,1-4H3. The van der Waals surface area contributed by atoms with Crippen LogP contribution in [0.5, 0.6) is 5.75 Å². The molecule has 0 saturated carbocycles. The van der Waals surface area contributed by atoms with E-state index in [-0.39, 0.29) is 0 Å². The first-order valence-corrected chi connectivity index (χ1v) is 8.51. The van der Waals surface area contributed by atoms with Crippen LogP contribution in [0, 0.1) is 0 Å². The van der Waals surface area contributed by atoms with Crippen molar-refractivity contribution in [1.82, 2.24) is 5.32 Å². The van der Waals surface area contributed by atoms with Gasteiger partial charge < -0.3 is 10.1 Å². The monoisotopic (exact) mass is 341 g/mol. The average molecular weight is 342 g/mol. The summed E-state index contributed by atoms with van der Waals surface area (Å²) in [5, 5.41) is 3.77. The molecule has 0 aliphatic rings. The van der Waals surface area contributed by atoms with Gasteiger partial charge in [-0.05, 0) is 53.4 Å². The van der Waals surface area contributed by atoms with E-state index < -0.39 is 0 Å². The third-order valence-electron chi connectivity index (χ3n) is 3.70. The van der Waals surface area contributed by atoms with Crippen LogP contribution < -0.4 is 10.1 Å². The molecule has 114 valence electrons. The van der Waals surface area contributed by atoms with E-state index in [1.807, 2.05) is 6.07 Å². The van der Waals surface area contributed by atoms with Crippen molar-refractivity contribution >= 4 is 15.9 Å². The molecule has 2 unspecified atom stereocenters. The molecule has 0 bridgehead atoms. The molecule has 1 aromatic rings. The zero-order valence-electron chi connectivity index (χ0n) is 13.2. The van der Waals surface area contributed by atoms with Crippen molar-refractivity contribution in [3.05, 3.63) is 28.2 Å². The summed E-state index contributed by atoms with van der Waals surface area (Å²) in [5.74, 6) is 0.886. The Balaban J connectivity index is 2.67. The molecule has 0 fully saturated rings. The van der Waals surface area contributed by atoms with Gasteiger partial charge in [0.15, 0.2) is 0 Å². The number of unbranched alkanes of at least 4 members (excludes halogenated alkanes) is 1. The van der Waals surface area contributed by atoms with Crippen molar-refractivity contribution in [3.8, 4) is 5.75 Å². The highest BCUT2D eigenvalue weighted by Gasteiger charge is 2.13. The lowest BCUT2D eigenvalue weighted by Crippen LogP contribution is -2.31. The zero-order chi connectivity index (χ0) is 15.0. The number of ether oxygens (including phenoxy) is 1. The molecule has 0 amide bonds. The molecule has 1 rings (SSSR count). The van der Waals surface area contributed by atoms with Crippen LogP contribution in [0.1, 0.15) is 64.5 Å². The van der Waals surface area contributed by atoms with E-state index in [2.05, 4.69) is 54.2 Å². The van der Waals surface area contributed by atoms with Gasteiger partial charge in [-0.1, -0.05) is 39.2 Å². The zero-order valence-corrected chi connectivity index (χ0v) is 14.8. The molecule has 0 aliphatic heterocycles. The van der Waals surface area contributed by atoms with E-state index in [1.54, 1.807) is 7.11 Å². The van der Waals surface area contributed by atoms with E-state index in [9.17, 15) is 0 Å². The minimum atomic E-state index is 0.366. The molecule has 3 heteroatoms. The van der Waals surface area contributed by atoms with Crippen molar-refractivity contribution in [3.63, 3.8) is 0 Å². The Morgan fingerprint density at radius 2 is 1.95 bits per heavy atom. The van der Waals surface area contributed by atoms with Crippen molar-refractivity contribution in [2.24, 2.45) is 0 Å². The molecule has 2 nitrogen and oxygen atoms in total. The van der Waals surface area contributed by atoms with E-state index in [1.165, 1.54) is 37.7 Å². The average Bonchev–Trinajstić information content (AvgIpc) is 2.44. The van der Waals surface area contributed by atoms with Crippen molar-refractivity contribution in [2.45, 2.75) is 65.0 Å². The maximum absolute atomic E-state index is 5.29. The topological polar surface area (TPSA) is 21.3 Å². The Kier molecular flexibility index (Phi) is 8.24. The lowest BCUT2D eigenvalue weighted by molar-refractivity contribution is 0.394. The summed E-state index contributed by atoms with van der Waals surface area (Å²) in [6.45, 7) is 6.76. The fourth-order valence-corrected chi connectivity index (χ4v) is 3.07. The summed E-state index contributed by atoms with van der Waals surface area (Å²) >= 11 is 3.56. The van der Waals surface area contributed by atoms with Crippen LogP contribution in [0.3, 0.4) is 0 Å². The van der Waals surface area contributed by atoms with Crippen molar-refractivity contribution in [1.29, 1.82) is 0 Å². The molecule has 0 aliphatic carbocycles. The molecule has 0 saturated heterocycles. The van der Waals surface area contributed by atoms with Gasteiger partial charge in [-0.25, -0.2) is 0 Å². The predicted molar refractivity (Wildman–Crippen MR) is 90.5 cm³/mol. The normalized spacial score (nSPS) is 14.1. The molecule has 1 aromatic carbocycles. The molecule has 0 radical (unpaired) electrons. The SMILES string of the molecule is CCCCC(CCC)NC(C)c1ccc(OC)c(Br)c1. The number of nitrogens with one attached hydrogen (secondary N) is 1. The van der Waals surface area contributed by atoms with E-state index in [4.69, 9.17) is 4.74 Å². The Morgan fingerprint density at radius 1 is 1.20 bits per heavy atom. The van der Waals surface area contributed by atoms with Crippen LogP contribution in [0.4, 0.5) is 0 Å². The third-order valence-corrected chi connectivity index (χ3v) is 4.32. The number of halogens is 1. The molecular weight excluding hydrogens is 314 g/mol. The third kappa shape index (κ3) is 5.45. The van der Waals surface area contributed by atoms with Gasteiger partial charge in [-0.15, -0.1) is 0 Å². The van der Waals surface area contributed by atoms with Crippen molar-refractivity contribution in [2.75, 3.05) is 7.11 Å². The van der Waals surface area contributed by atoms with Gasteiger partial charge >= 0.3 is 0 Å². The van der Waals surface area contributed by atoms with Gasteiger partial charge in [0.1, 0.15) is 5.75 Å². The summed E-state index contributed by atoms with van der Waals surface area (Å²) < 4.78 is 6.31. The van der Waals surface area contributed by atoms with Crippen LogP contribution >= 0.6 is 15.9 Å². The fourth-order valence-electron chi connectivity index (χ4n) is 2.51. The first-order chi connectivity index (χ1) is 9.62. The number of hydrogen-bond acceptors (Lipinski definition) is 2. The van der Waals surface area contributed by atoms with Gasteiger partial charge in [0.05, 0.1) is 11.6 Å². The van der Waals surface area contributed by atoms with Gasteiger partial charge in [-0.3, -0.25) is 0 Å². The lowest BCUT2D eigenvalue weighted by Gasteiger charge is -2.24. The molecule has 0 heterocycles. The first kappa shape index (κ1) is 17.5. The van der Waals surface area contributed by atoms with Crippen molar-refractivity contribution < 1.29 is 4.74 Å². The van der Waals surface area contributed by atoms with Crippen LogP contribution in [0.15, 0.2) is 22.7 Å². The lowest BCUT2D eigenvalue weighted by atomic mass is 10.0. The maximum atomic E-state index is 5.29. The van der Waals surface area contributed by atoms with Crippen LogP contribution in [0.2, 0.25) is 0 Å². The second-order valence-electron chi connectivity index (χ2n) is 5.41. The molecule has 20 heavy (non-hydrogen) atoms. The van der Waals surface area contributed by atoms with Crippen LogP contribution in [-0.4, -0.2) is 13.2 Å². The number of methoxy groups -OCH3 is 1. The highest BCUT2D eigenvalue weighted by molar-refractivity contribution is 9.10. The first-order valence-electron chi connectivity index (χ1n) is 7.71. The van der Waals surface area contributed by atoms with Gasteiger partial charge in [0.2, 0.25) is 0 Å². The Labute approximate surface area is 132 Å². The second kappa shape index (κ2) is 9.41. The molecule has 0 aromatic heterocycles. The van der Waals surface area contributed by atoms with Gasteiger partial charge in [-0.2, -0.15) is 0 Å². The highest BCUT2D eigenvalue weighted by Crippen LogP contribution is 2.28. The Morgan fingerprint density at radius 3 is 2.50 bits per heavy atom. The minimum Gasteiger partial charge on any atom is -0.496 e. The van der Waals surface area contributed by atoms with Crippen LogP contribution in [0.25, 0.3) is 0 Å². The van der Waals surface area contributed by atoms with Crippen LogP contribution in [-0.2, 0) is 0 Å². The molecule has 0 spiro atoms. The maximum Gasteiger partial charge on any atom is 0.133 e. The number of hydrogen-bond donors (Lipinski definition) is 1. The smallest absolute Gasteiger partial charge is 0.133 e. The largest absolute Gasteiger partial charge is 0.496 e. The predicted octanol–water partition coefficient (Wildman–Crippen LogP) is 5.47. The Bertz CT molecular complexity index is 395. The summed E-state index contributed by atoms with van der Waals surface area (Å²) in [6.07, 6.45) is 6.33. The summed E-state index contributed by atoms with van der Waals surface area (Å²) in [7, 11) is 1.70. The second-order valence-corrected chi connectivity index (χ2v) is 6.26. The molecule has 2 atom stereocenters.